The Morgan fingerprint density at radius 3 is 2.68 bits per heavy atom. The predicted molar refractivity (Wildman–Crippen MR) is 116 cm³/mol. The summed E-state index contributed by atoms with van der Waals surface area (Å²) in [6.07, 6.45) is 8.83. The van der Waals surface area contributed by atoms with Crippen molar-refractivity contribution in [3.8, 4) is 11.4 Å². The first kappa shape index (κ1) is 18.9. The van der Waals surface area contributed by atoms with Crippen LogP contribution in [-0.2, 0) is 12.1 Å². The lowest BCUT2D eigenvalue weighted by Gasteiger charge is -2.18. The quantitative estimate of drug-likeness (QED) is 0.431. The molecule has 8 heteroatoms. The molecule has 0 aliphatic heterocycles. The van der Waals surface area contributed by atoms with Gasteiger partial charge >= 0.3 is 0 Å². The molecule has 1 aliphatic rings. The van der Waals surface area contributed by atoms with E-state index in [-0.39, 0.29) is 11.4 Å². The third-order valence-corrected chi connectivity index (χ3v) is 5.37. The van der Waals surface area contributed by atoms with Crippen LogP contribution in [0.15, 0.2) is 73.3 Å². The van der Waals surface area contributed by atoms with Crippen molar-refractivity contribution in [1.82, 2.24) is 30.5 Å². The maximum absolute atomic E-state index is 12.9. The molecule has 0 spiro atoms. The van der Waals surface area contributed by atoms with Crippen molar-refractivity contribution in [3.05, 3.63) is 90.3 Å². The van der Waals surface area contributed by atoms with E-state index in [9.17, 15) is 4.79 Å². The van der Waals surface area contributed by atoms with Crippen LogP contribution in [0.25, 0.3) is 11.4 Å². The van der Waals surface area contributed by atoms with Gasteiger partial charge in [0.25, 0.3) is 5.91 Å². The lowest BCUT2D eigenvalue weighted by Crippen LogP contribution is -2.34. The summed E-state index contributed by atoms with van der Waals surface area (Å²) in [5, 5.41) is 13.7. The van der Waals surface area contributed by atoms with Gasteiger partial charge in [-0.3, -0.25) is 19.9 Å². The lowest BCUT2D eigenvalue weighted by molar-refractivity contribution is 0.0931. The van der Waals surface area contributed by atoms with Crippen LogP contribution in [0.3, 0.4) is 0 Å². The Hall–Kier alpha value is -4.07. The molecular weight excluding hydrogens is 390 g/mol. The van der Waals surface area contributed by atoms with Crippen molar-refractivity contribution < 1.29 is 4.79 Å². The van der Waals surface area contributed by atoms with Gasteiger partial charge in [0, 0.05) is 41.6 Å². The van der Waals surface area contributed by atoms with Crippen LogP contribution in [-0.4, -0.2) is 31.1 Å². The summed E-state index contributed by atoms with van der Waals surface area (Å²) in [6, 6.07) is 15.1. The predicted octanol–water partition coefficient (Wildman–Crippen LogP) is 3.29. The number of rotatable bonds is 7. The fourth-order valence-electron chi connectivity index (χ4n) is 3.51. The number of hydrogen-bond donors (Lipinski definition) is 3. The number of H-pyrrole nitrogens is 1. The first-order chi connectivity index (χ1) is 15.2. The number of benzene rings is 1. The third-order valence-electron chi connectivity index (χ3n) is 5.37. The minimum Gasteiger partial charge on any atom is -0.378 e. The van der Waals surface area contributed by atoms with E-state index in [4.69, 9.17) is 0 Å². The molecule has 4 aromatic rings. The molecule has 3 N–H and O–H groups in total. The minimum atomic E-state index is -0.294. The van der Waals surface area contributed by atoms with Crippen molar-refractivity contribution in [2.45, 2.75) is 24.9 Å². The standard InChI is InChI=1S/C23H21N7O/c31-22(28-23(8-9-23)18-4-2-10-25-14-18)17-3-1-5-19(13-17)26-15-20-27-21(30-29-20)16-6-11-24-12-7-16/h1-7,10-14,26H,8-9,15H2,(H,28,31)(H,27,29,30). The highest BCUT2D eigenvalue weighted by molar-refractivity contribution is 5.96. The van der Waals surface area contributed by atoms with E-state index in [0.29, 0.717) is 23.8 Å². The number of nitrogens with one attached hydrogen (secondary N) is 3. The van der Waals surface area contributed by atoms with E-state index in [1.165, 1.54) is 0 Å². The topological polar surface area (TPSA) is 108 Å². The first-order valence-electron chi connectivity index (χ1n) is 10.1. The van der Waals surface area contributed by atoms with Crippen molar-refractivity contribution in [3.63, 3.8) is 0 Å². The van der Waals surface area contributed by atoms with Gasteiger partial charge in [0.2, 0.25) is 0 Å². The molecule has 1 amide bonds. The normalized spacial score (nSPS) is 14.1. The molecule has 0 radical (unpaired) electrons. The highest BCUT2D eigenvalue weighted by atomic mass is 16.1. The van der Waals surface area contributed by atoms with E-state index < -0.39 is 0 Å². The molecule has 1 saturated carbocycles. The molecule has 0 saturated heterocycles. The van der Waals surface area contributed by atoms with Gasteiger partial charge in [-0.05, 0) is 54.8 Å². The van der Waals surface area contributed by atoms with Crippen LogP contribution in [0.1, 0.15) is 34.6 Å². The number of nitrogens with zero attached hydrogens (tertiary/aromatic N) is 4. The molecule has 1 aliphatic carbocycles. The first-order valence-corrected chi connectivity index (χ1v) is 10.1. The Bertz CT molecular complexity index is 1190. The van der Waals surface area contributed by atoms with Gasteiger partial charge in [-0.25, -0.2) is 4.98 Å². The van der Waals surface area contributed by atoms with E-state index in [0.717, 1.165) is 29.7 Å². The number of amides is 1. The van der Waals surface area contributed by atoms with Crippen LogP contribution in [0.5, 0.6) is 0 Å². The van der Waals surface area contributed by atoms with E-state index in [2.05, 4.69) is 35.8 Å². The van der Waals surface area contributed by atoms with Gasteiger partial charge in [-0.2, -0.15) is 5.10 Å². The zero-order valence-electron chi connectivity index (χ0n) is 16.7. The second-order valence-electron chi connectivity index (χ2n) is 7.55. The van der Waals surface area contributed by atoms with Crippen LogP contribution >= 0.6 is 0 Å². The summed E-state index contributed by atoms with van der Waals surface area (Å²) in [6.45, 7) is 0.461. The Balaban J connectivity index is 1.24. The molecule has 154 valence electrons. The summed E-state index contributed by atoms with van der Waals surface area (Å²) in [5.41, 5.74) is 3.10. The number of carbonyl (C=O) groups is 1. The smallest absolute Gasteiger partial charge is 0.252 e. The van der Waals surface area contributed by atoms with Crippen LogP contribution in [0, 0.1) is 0 Å². The van der Waals surface area contributed by atoms with Gasteiger partial charge < -0.3 is 10.6 Å². The Kier molecular flexibility index (Phi) is 4.87. The summed E-state index contributed by atoms with van der Waals surface area (Å²) < 4.78 is 0. The fraction of sp³-hybridized carbons (Fsp3) is 0.174. The molecule has 31 heavy (non-hydrogen) atoms. The maximum atomic E-state index is 12.9. The molecule has 5 rings (SSSR count). The summed E-state index contributed by atoms with van der Waals surface area (Å²) in [4.78, 5) is 25.6. The average molecular weight is 411 g/mol. The van der Waals surface area contributed by atoms with E-state index in [1.54, 1.807) is 18.6 Å². The van der Waals surface area contributed by atoms with Crippen molar-refractivity contribution in [2.24, 2.45) is 0 Å². The monoisotopic (exact) mass is 411 g/mol. The number of carbonyl (C=O) groups excluding carboxylic acids is 1. The van der Waals surface area contributed by atoms with E-state index >= 15 is 0 Å². The lowest BCUT2D eigenvalue weighted by atomic mass is 10.1. The number of aromatic nitrogens is 5. The highest BCUT2D eigenvalue weighted by Crippen LogP contribution is 2.45. The van der Waals surface area contributed by atoms with Gasteiger partial charge in [-0.15, -0.1) is 0 Å². The molecular formula is C23H21N7O. The Morgan fingerprint density at radius 2 is 1.90 bits per heavy atom. The van der Waals surface area contributed by atoms with Crippen molar-refractivity contribution >= 4 is 11.6 Å². The number of pyridine rings is 2. The molecule has 0 bridgehead atoms. The molecule has 0 unspecified atom stereocenters. The zero-order chi connectivity index (χ0) is 21.1. The zero-order valence-corrected chi connectivity index (χ0v) is 16.7. The molecule has 3 heterocycles. The van der Waals surface area contributed by atoms with Crippen LogP contribution in [0.2, 0.25) is 0 Å². The fourth-order valence-corrected chi connectivity index (χ4v) is 3.51. The second-order valence-corrected chi connectivity index (χ2v) is 7.55. The van der Waals surface area contributed by atoms with Gasteiger partial charge in [0.15, 0.2) is 5.82 Å². The SMILES string of the molecule is O=C(NC1(c2cccnc2)CC1)c1cccc(NCc2nc(-c3ccncc3)n[nH]2)c1. The Labute approximate surface area is 179 Å². The number of anilines is 1. The molecule has 0 atom stereocenters. The molecule has 1 fully saturated rings. The summed E-state index contributed by atoms with van der Waals surface area (Å²) in [5.74, 6) is 1.23. The van der Waals surface area contributed by atoms with Crippen LogP contribution in [0.4, 0.5) is 5.69 Å². The average Bonchev–Trinajstić information content (AvgIpc) is 3.45. The van der Waals surface area contributed by atoms with E-state index in [1.807, 2.05) is 54.7 Å². The van der Waals surface area contributed by atoms with Gasteiger partial charge in [0.05, 0.1) is 12.1 Å². The number of aromatic amines is 1. The largest absolute Gasteiger partial charge is 0.378 e. The van der Waals surface area contributed by atoms with Gasteiger partial charge in [-0.1, -0.05) is 12.1 Å². The Morgan fingerprint density at radius 1 is 1.03 bits per heavy atom. The minimum absolute atomic E-state index is 0.0929. The van der Waals surface area contributed by atoms with Gasteiger partial charge in [0.1, 0.15) is 5.82 Å². The molecule has 1 aromatic carbocycles. The van der Waals surface area contributed by atoms with Crippen molar-refractivity contribution in [2.75, 3.05) is 5.32 Å². The molecule has 3 aromatic heterocycles. The second kappa shape index (κ2) is 7.98. The highest BCUT2D eigenvalue weighted by Gasteiger charge is 2.45. The third kappa shape index (κ3) is 4.13. The van der Waals surface area contributed by atoms with Crippen molar-refractivity contribution in [1.29, 1.82) is 0 Å². The summed E-state index contributed by atoms with van der Waals surface area (Å²) >= 11 is 0. The maximum Gasteiger partial charge on any atom is 0.252 e. The molecule has 8 nitrogen and oxygen atoms in total. The summed E-state index contributed by atoms with van der Waals surface area (Å²) in [7, 11) is 0. The number of hydrogen-bond acceptors (Lipinski definition) is 6. The van der Waals surface area contributed by atoms with Crippen LogP contribution < -0.4 is 10.6 Å².